The molecule has 110 valence electrons. The van der Waals surface area contributed by atoms with Gasteiger partial charge in [0, 0.05) is 0 Å². The van der Waals surface area contributed by atoms with Gasteiger partial charge in [-0.1, -0.05) is 6.07 Å². The number of carbonyl (C=O) groups excluding carboxylic acids is 2. The van der Waals surface area contributed by atoms with Crippen LogP contribution in [-0.2, 0) is 14.3 Å². The van der Waals surface area contributed by atoms with E-state index >= 15 is 0 Å². The minimum atomic E-state index is -0.498. The van der Waals surface area contributed by atoms with E-state index in [9.17, 15) is 9.59 Å². The van der Waals surface area contributed by atoms with Crippen molar-refractivity contribution in [1.29, 1.82) is 0 Å². The fraction of sp³-hybridized carbons (Fsp3) is 0.467. The van der Waals surface area contributed by atoms with Gasteiger partial charge in [0.05, 0.1) is 25.7 Å². The lowest BCUT2D eigenvalue weighted by atomic mass is 10.2. The molecule has 0 saturated carbocycles. The minimum absolute atomic E-state index is 0.153. The maximum atomic E-state index is 11.5. The van der Waals surface area contributed by atoms with E-state index in [1.807, 2.05) is 20.8 Å². The van der Waals surface area contributed by atoms with Crippen molar-refractivity contribution in [1.82, 2.24) is 0 Å². The molecule has 0 aliphatic rings. The number of rotatable bonds is 5. The standard InChI is InChI=1S/C15H20O5/c1-15(2,3)20-13(16)8-9-19-12-7-5-6-11(10-12)14(17)18-4/h5-7,10H,8-9H2,1-4H3. The molecule has 0 saturated heterocycles. The normalized spacial score (nSPS) is 10.8. The Hall–Kier alpha value is -2.04. The van der Waals surface area contributed by atoms with E-state index in [4.69, 9.17) is 9.47 Å². The fourth-order valence-corrected chi connectivity index (χ4v) is 1.48. The fourth-order valence-electron chi connectivity index (χ4n) is 1.48. The van der Waals surface area contributed by atoms with Gasteiger partial charge in [0.25, 0.3) is 0 Å². The van der Waals surface area contributed by atoms with E-state index in [-0.39, 0.29) is 19.0 Å². The van der Waals surface area contributed by atoms with Crippen LogP contribution in [0.2, 0.25) is 0 Å². The Kier molecular flexibility index (Phi) is 5.55. The molecule has 5 heteroatoms. The highest BCUT2D eigenvalue weighted by molar-refractivity contribution is 5.89. The Bertz CT molecular complexity index is 473. The van der Waals surface area contributed by atoms with Gasteiger partial charge in [0.15, 0.2) is 0 Å². The Balaban J connectivity index is 2.46. The lowest BCUT2D eigenvalue weighted by Crippen LogP contribution is -2.24. The Morgan fingerprint density at radius 1 is 1.20 bits per heavy atom. The van der Waals surface area contributed by atoms with Crippen molar-refractivity contribution in [3.63, 3.8) is 0 Å². The lowest BCUT2D eigenvalue weighted by Gasteiger charge is -2.19. The first kappa shape index (κ1) is 16.0. The number of benzene rings is 1. The highest BCUT2D eigenvalue weighted by Gasteiger charge is 2.16. The quantitative estimate of drug-likeness (QED) is 0.776. The average Bonchev–Trinajstić information content (AvgIpc) is 2.36. The summed E-state index contributed by atoms with van der Waals surface area (Å²) in [5.74, 6) is -0.235. The summed E-state index contributed by atoms with van der Waals surface area (Å²) in [6.45, 7) is 5.63. The summed E-state index contributed by atoms with van der Waals surface area (Å²) >= 11 is 0. The van der Waals surface area contributed by atoms with Crippen LogP contribution in [-0.4, -0.2) is 31.3 Å². The smallest absolute Gasteiger partial charge is 0.337 e. The van der Waals surface area contributed by atoms with E-state index in [0.717, 1.165) is 0 Å². The molecule has 1 rings (SSSR count). The molecule has 0 aromatic heterocycles. The molecule has 0 atom stereocenters. The summed E-state index contributed by atoms with van der Waals surface area (Å²) in [5, 5.41) is 0. The van der Waals surface area contributed by atoms with Gasteiger partial charge in [-0.15, -0.1) is 0 Å². The molecule has 20 heavy (non-hydrogen) atoms. The van der Waals surface area contributed by atoms with Gasteiger partial charge in [-0.25, -0.2) is 4.79 Å². The average molecular weight is 280 g/mol. The van der Waals surface area contributed by atoms with Crippen molar-refractivity contribution in [2.75, 3.05) is 13.7 Å². The molecule has 0 aliphatic heterocycles. The lowest BCUT2D eigenvalue weighted by molar-refractivity contribution is -0.155. The van der Waals surface area contributed by atoms with Crippen LogP contribution in [0.25, 0.3) is 0 Å². The van der Waals surface area contributed by atoms with Crippen LogP contribution in [0.1, 0.15) is 37.6 Å². The van der Waals surface area contributed by atoms with Crippen molar-refractivity contribution in [2.24, 2.45) is 0 Å². The number of hydrogen-bond acceptors (Lipinski definition) is 5. The zero-order valence-electron chi connectivity index (χ0n) is 12.3. The zero-order valence-corrected chi connectivity index (χ0v) is 12.3. The van der Waals surface area contributed by atoms with E-state index in [2.05, 4.69) is 4.74 Å². The van der Waals surface area contributed by atoms with Crippen molar-refractivity contribution >= 4 is 11.9 Å². The van der Waals surface area contributed by atoms with Gasteiger partial charge in [0.1, 0.15) is 11.4 Å². The van der Waals surface area contributed by atoms with Crippen molar-refractivity contribution in [3.05, 3.63) is 29.8 Å². The summed E-state index contributed by atoms with van der Waals surface area (Å²) < 4.78 is 15.2. The molecule has 0 aliphatic carbocycles. The van der Waals surface area contributed by atoms with Crippen LogP contribution >= 0.6 is 0 Å². The number of carbonyl (C=O) groups is 2. The molecule has 0 amide bonds. The molecule has 5 nitrogen and oxygen atoms in total. The van der Waals surface area contributed by atoms with Gasteiger partial charge in [-0.05, 0) is 39.0 Å². The van der Waals surface area contributed by atoms with Gasteiger partial charge < -0.3 is 14.2 Å². The Morgan fingerprint density at radius 3 is 2.50 bits per heavy atom. The second-order valence-electron chi connectivity index (χ2n) is 5.20. The number of hydrogen-bond donors (Lipinski definition) is 0. The second kappa shape index (κ2) is 6.93. The first-order chi connectivity index (χ1) is 9.31. The minimum Gasteiger partial charge on any atom is -0.493 e. The Labute approximate surface area is 118 Å². The Morgan fingerprint density at radius 2 is 1.90 bits per heavy atom. The molecule has 0 bridgehead atoms. The van der Waals surface area contributed by atoms with Crippen LogP contribution in [0.4, 0.5) is 0 Å². The van der Waals surface area contributed by atoms with Crippen LogP contribution in [0.3, 0.4) is 0 Å². The summed E-state index contributed by atoms with van der Waals surface area (Å²) in [6, 6.07) is 6.60. The third kappa shape index (κ3) is 5.73. The molecule has 0 spiro atoms. The molecule has 0 radical (unpaired) electrons. The molecule has 1 aromatic rings. The molecule has 0 unspecified atom stereocenters. The van der Waals surface area contributed by atoms with Crippen molar-refractivity contribution in [2.45, 2.75) is 32.8 Å². The predicted molar refractivity (Wildman–Crippen MR) is 73.7 cm³/mol. The number of methoxy groups -OCH3 is 1. The van der Waals surface area contributed by atoms with Gasteiger partial charge >= 0.3 is 11.9 Å². The van der Waals surface area contributed by atoms with E-state index in [0.29, 0.717) is 11.3 Å². The van der Waals surface area contributed by atoms with Gasteiger partial charge in [0.2, 0.25) is 0 Å². The highest BCUT2D eigenvalue weighted by atomic mass is 16.6. The SMILES string of the molecule is COC(=O)c1cccc(OCCC(=O)OC(C)(C)C)c1. The summed E-state index contributed by atoms with van der Waals surface area (Å²) in [4.78, 5) is 22.8. The zero-order chi connectivity index (χ0) is 15.2. The molecule has 0 heterocycles. The molecule has 0 fully saturated rings. The summed E-state index contributed by atoms with van der Waals surface area (Å²) in [6.07, 6.45) is 0.153. The van der Waals surface area contributed by atoms with Crippen LogP contribution in [0, 0.1) is 0 Å². The summed E-state index contributed by atoms with van der Waals surface area (Å²) in [7, 11) is 1.32. The van der Waals surface area contributed by atoms with Crippen molar-refractivity contribution in [3.8, 4) is 5.75 Å². The second-order valence-corrected chi connectivity index (χ2v) is 5.20. The predicted octanol–water partition coefficient (Wildman–Crippen LogP) is 2.58. The number of esters is 2. The van der Waals surface area contributed by atoms with Gasteiger partial charge in [-0.3, -0.25) is 4.79 Å². The van der Waals surface area contributed by atoms with E-state index in [1.165, 1.54) is 7.11 Å². The first-order valence-electron chi connectivity index (χ1n) is 6.35. The maximum Gasteiger partial charge on any atom is 0.337 e. The van der Waals surface area contributed by atoms with E-state index in [1.54, 1.807) is 24.3 Å². The third-order valence-corrected chi connectivity index (χ3v) is 2.25. The van der Waals surface area contributed by atoms with Crippen molar-refractivity contribution < 1.29 is 23.8 Å². The topological polar surface area (TPSA) is 61.8 Å². The largest absolute Gasteiger partial charge is 0.493 e. The van der Waals surface area contributed by atoms with Crippen LogP contribution in [0.15, 0.2) is 24.3 Å². The van der Waals surface area contributed by atoms with Crippen LogP contribution < -0.4 is 4.74 Å². The highest BCUT2D eigenvalue weighted by Crippen LogP contribution is 2.15. The molecule has 0 N–H and O–H groups in total. The maximum absolute atomic E-state index is 11.5. The monoisotopic (exact) mass is 280 g/mol. The number of ether oxygens (including phenoxy) is 3. The summed E-state index contributed by atoms with van der Waals surface area (Å²) in [5.41, 5.74) is -0.0933. The van der Waals surface area contributed by atoms with Crippen LogP contribution in [0.5, 0.6) is 5.75 Å². The molecular weight excluding hydrogens is 260 g/mol. The van der Waals surface area contributed by atoms with E-state index < -0.39 is 11.6 Å². The molecular formula is C15H20O5. The van der Waals surface area contributed by atoms with Gasteiger partial charge in [-0.2, -0.15) is 0 Å². The third-order valence-electron chi connectivity index (χ3n) is 2.25. The first-order valence-corrected chi connectivity index (χ1v) is 6.35. The molecule has 1 aromatic carbocycles.